The Kier molecular flexibility index (Phi) is 8.53. The number of anilines is 6. The minimum absolute atomic E-state index is 0.0832. The quantitative estimate of drug-likeness (QED) is 0.144. The fourth-order valence-electron chi connectivity index (χ4n) is 8.60. The summed E-state index contributed by atoms with van der Waals surface area (Å²) in [7, 11) is 0. The molecule has 0 aromatic heterocycles. The van der Waals surface area contributed by atoms with E-state index in [-0.39, 0.29) is 5.41 Å². The molecule has 57 heavy (non-hydrogen) atoms. The van der Waals surface area contributed by atoms with E-state index in [0.29, 0.717) is 0 Å². The van der Waals surface area contributed by atoms with Gasteiger partial charge in [0.2, 0.25) is 0 Å². The molecule has 2 heteroatoms. The molecule has 2 nitrogen and oxygen atoms in total. The lowest BCUT2D eigenvalue weighted by atomic mass is 9.82. The average Bonchev–Trinajstić information content (AvgIpc) is 3.49. The second-order valence-corrected chi connectivity index (χ2v) is 15.5. The number of nitrogens with zero attached hydrogens (tertiary/aromatic N) is 2. The van der Waals surface area contributed by atoms with E-state index in [4.69, 9.17) is 0 Å². The highest BCUT2D eigenvalue weighted by molar-refractivity contribution is 5.92. The van der Waals surface area contributed by atoms with Crippen molar-refractivity contribution in [3.63, 3.8) is 0 Å². The lowest BCUT2D eigenvalue weighted by molar-refractivity contribution is 0.660. The molecular formula is C55H42N2. The van der Waals surface area contributed by atoms with Gasteiger partial charge in [-0.25, -0.2) is 0 Å². The van der Waals surface area contributed by atoms with Gasteiger partial charge in [0, 0.05) is 39.5 Å². The van der Waals surface area contributed by atoms with Crippen molar-refractivity contribution < 1.29 is 0 Å². The first-order chi connectivity index (χ1) is 28.0. The van der Waals surface area contributed by atoms with E-state index in [1.165, 1.54) is 43.8 Å². The summed E-state index contributed by atoms with van der Waals surface area (Å²) in [6.45, 7) is 4.70. The summed E-state index contributed by atoms with van der Waals surface area (Å²) >= 11 is 0. The number of fused-ring (bicyclic) bond motifs is 5. The summed E-state index contributed by atoms with van der Waals surface area (Å²) in [6, 6.07) is 74.8. The molecular weight excluding hydrogens is 689 g/mol. The Morgan fingerprint density at radius 3 is 1.30 bits per heavy atom. The Morgan fingerprint density at radius 1 is 0.316 bits per heavy atom. The predicted molar refractivity (Wildman–Crippen MR) is 244 cm³/mol. The van der Waals surface area contributed by atoms with Gasteiger partial charge >= 0.3 is 0 Å². The first kappa shape index (κ1) is 34.3. The van der Waals surface area contributed by atoms with Gasteiger partial charge in [0.1, 0.15) is 0 Å². The molecule has 0 amide bonds. The normalized spacial score (nSPS) is 12.8. The number of para-hydroxylation sites is 1. The van der Waals surface area contributed by atoms with Crippen molar-refractivity contribution in [1.29, 1.82) is 0 Å². The summed E-state index contributed by atoms with van der Waals surface area (Å²) < 4.78 is 0. The highest BCUT2D eigenvalue weighted by Gasteiger charge is 2.35. The smallest absolute Gasteiger partial charge is 0.0468 e. The number of rotatable bonds is 8. The van der Waals surface area contributed by atoms with Crippen LogP contribution in [0.4, 0.5) is 34.1 Å². The van der Waals surface area contributed by atoms with Crippen LogP contribution in [0.2, 0.25) is 0 Å². The van der Waals surface area contributed by atoms with Gasteiger partial charge in [-0.2, -0.15) is 0 Å². The second-order valence-electron chi connectivity index (χ2n) is 15.5. The Hall–Kier alpha value is -7.16. The summed E-state index contributed by atoms with van der Waals surface area (Å²) in [5.74, 6) is 0. The fraction of sp³-hybridized carbons (Fsp3) is 0.0545. The van der Waals surface area contributed by atoms with Gasteiger partial charge in [-0.05, 0) is 128 Å². The van der Waals surface area contributed by atoms with E-state index in [1.54, 1.807) is 0 Å². The molecule has 10 rings (SSSR count). The van der Waals surface area contributed by atoms with Crippen LogP contribution in [0.1, 0.15) is 36.1 Å². The topological polar surface area (TPSA) is 6.48 Å². The van der Waals surface area contributed by atoms with Gasteiger partial charge in [-0.3, -0.25) is 0 Å². The zero-order chi connectivity index (χ0) is 38.3. The van der Waals surface area contributed by atoms with Crippen LogP contribution in [0, 0.1) is 0 Å². The van der Waals surface area contributed by atoms with Crippen LogP contribution in [-0.2, 0) is 5.41 Å². The fourth-order valence-corrected chi connectivity index (χ4v) is 8.60. The highest BCUT2D eigenvalue weighted by atomic mass is 15.1. The van der Waals surface area contributed by atoms with Gasteiger partial charge in [-0.15, -0.1) is 0 Å². The van der Waals surface area contributed by atoms with Crippen LogP contribution < -0.4 is 9.80 Å². The number of benzene rings is 9. The van der Waals surface area contributed by atoms with Crippen molar-refractivity contribution in [2.45, 2.75) is 19.3 Å². The molecule has 9 aromatic rings. The molecule has 0 N–H and O–H groups in total. The molecule has 1 aliphatic rings. The van der Waals surface area contributed by atoms with Crippen LogP contribution in [-0.4, -0.2) is 0 Å². The molecule has 0 bridgehead atoms. The van der Waals surface area contributed by atoms with E-state index in [1.807, 2.05) is 0 Å². The molecule has 0 spiro atoms. The Bertz CT molecular complexity index is 2920. The number of hydrogen-bond acceptors (Lipinski definition) is 2. The first-order valence-corrected chi connectivity index (χ1v) is 19.8. The maximum atomic E-state index is 2.40. The molecule has 0 heterocycles. The first-order valence-electron chi connectivity index (χ1n) is 19.8. The largest absolute Gasteiger partial charge is 0.310 e. The van der Waals surface area contributed by atoms with Gasteiger partial charge in [0.25, 0.3) is 0 Å². The van der Waals surface area contributed by atoms with E-state index in [9.17, 15) is 0 Å². The maximum absolute atomic E-state index is 2.40. The summed E-state index contributed by atoms with van der Waals surface area (Å²) in [4.78, 5) is 4.72. The van der Waals surface area contributed by atoms with E-state index in [0.717, 1.165) is 45.3 Å². The summed E-state index contributed by atoms with van der Waals surface area (Å²) in [6.07, 6.45) is 4.40. The molecule has 0 fully saturated rings. The van der Waals surface area contributed by atoms with Crippen molar-refractivity contribution in [3.8, 4) is 11.1 Å². The molecule has 0 radical (unpaired) electrons. The van der Waals surface area contributed by atoms with Gasteiger partial charge in [0.15, 0.2) is 0 Å². The van der Waals surface area contributed by atoms with Crippen molar-refractivity contribution in [3.05, 3.63) is 229 Å². The number of hydrogen-bond donors (Lipinski definition) is 0. The van der Waals surface area contributed by atoms with Crippen LogP contribution in [0.3, 0.4) is 0 Å². The van der Waals surface area contributed by atoms with Gasteiger partial charge in [0.05, 0.1) is 0 Å². The maximum Gasteiger partial charge on any atom is 0.0468 e. The van der Waals surface area contributed by atoms with E-state index in [2.05, 4.69) is 242 Å². The molecule has 0 atom stereocenters. The SMILES string of the molecule is CC1(C)c2ccccc2-c2ccc(N(c3ccc(/C=C/c4ccc(N(c5ccccc5)c5ccc6ccccc6c5)cc4)cc3)c3ccc4ccccc4c3)cc21. The van der Waals surface area contributed by atoms with Crippen LogP contribution in [0.25, 0.3) is 44.8 Å². The molecule has 1 aliphatic carbocycles. The molecule has 0 unspecified atom stereocenters. The predicted octanol–water partition coefficient (Wildman–Crippen LogP) is 15.4. The van der Waals surface area contributed by atoms with Gasteiger partial charge in [-0.1, -0.05) is 159 Å². The van der Waals surface area contributed by atoms with E-state index < -0.39 is 0 Å². The zero-order valence-corrected chi connectivity index (χ0v) is 32.2. The van der Waals surface area contributed by atoms with Gasteiger partial charge < -0.3 is 9.80 Å². The van der Waals surface area contributed by atoms with Crippen molar-refractivity contribution in [1.82, 2.24) is 0 Å². The highest BCUT2D eigenvalue weighted by Crippen LogP contribution is 2.50. The van der Waals surface area contributed by atoms with Crippen LogP contribution in [0.15, 0.2) is 206 Å². The standard InChI is InChI=1S/C55H42N2/c1-55(2)53-19-11-10-18-51(53)52-35-34-50(38-54(52)55)57(49-33-27-42-13-7-9-15-44(42)37-49)47-30-24-40(25-31-47)21-20-39-22-28-46(29-23-39)56(45-16-4-3-5-17-45)48-32-26-41-12-6-8-14-43(41)36-48/h3-38H,1-2H3/b21-20+. The lowest BCUT2D eigenvalue weighted by Gasteiger charge is -2.28. The Labute approximate surface area is 335 Å². The summed E-state index contributed by atoms with van der Waals surface area (Å²) in [5, 5.41) is 4.93. The minimum Gasteiger partial charge on any atom is -0.310 e. The summed E-state index contributed by atoms with van der Waals surface area (Å²) in [5.41, 5.74) is 14.4. The molecule has 0 aliphatic heterocycles. The van der Waals surface area contributed by atoms with Crippen molar-refractivity contribution in [2.75, 3.05) is 9.80 Å². The van der Waals surface area contributed by atoms with Crippen molar-refractivity contribution >= 4 is 67.8 Å². The second kappa shape index (κ2) is 14.2. The minimum atomic E-state index is -0.0832. The monoisotopic (exact) mass is 730 g/mol. The zero-order valence-electron chi connectivity index (χ0n) is 32.2. The molecule has 0 saturated heterocycles. The molecule has 0 saturated carbocycles. The Morgan fingerprint density at radius 2 is 0.719 bits per heavy atom. The molecule has 272 valence electrons. The van der Waals surface area contributed by atoms with Crippen molar-refractivity contribution in [2.24, 2.45) is 0 Å². The van der Waals surface area contributed by atoms with Crippen LogP contribution >= 0.6 is 0 Å². The Balaban J connectivity index is 0.955. The molecule has 9 aromatic carbocycles. The average molecular weight is 731 g/mol. The third kappa shape index (κ3) is 6.36. The third-order valence-corrected chi connectivity index (χ3v) is 11.6. The lowest BCUT2D eigenvalue weighted by Crippen LogP contribution is -2.16. The van der Waals surface area contributed by atoms with Crippen LogP contribution in [0.5, 0.6) is 0 Å². The third-order valence-electron chi connectivity index (χ3n) is 11.6. The van der Waals surface area contributed by atoms with E-state index >= 15 is 0 Å².